The van der Waals surface area contributed by atoms with Gasteiger partial charge in [0, 0.05) is 12.0 Å². The zero-order valence-corrected chi connectivity index (χ0v) is 8.16. The Morgan fingerprint density at radius 1 is 1.50 bits per heavy atom. The summed E-state index contributed by atoms with van der Waals surface area (Å²) in [6, 6.07) is 0. The predicted octanol–water partition coefficient (Wildman–Crippen LogP) is 0.547. The van der Waals surface area contributed by atoms with Gasteiger partial charge in [-0.2, -0.15) is 0 Å². The van der Waals surface area contributed by atoms with Crippen LogP contribution in [0.1, 0.15) is 26.7 Å². The van der Waals surface area contributed by atoms with Gasteiger partial charge in [-0.15, -0.1) is 0 Å². The second-order valence-electron chi connectivity index (χ2n) is 4.05. The molecule has 2 aliphatic rings. The Balaban J connectivity index is 2.59. The van der Waals surface area contributed by atoms with Crippen molar-refractivity contribution in [2.45, 2.75) is 33.0 Å². The standard InChI is InChI=1S/C10H12O4/c1-5-6(11)3-4-10(2)7(5)8(12)14-9(10)13/h8,12H,3-4H2,1-2H3/t8-,10?/m0/s1. The van der Waals surface area contributed by atoms with Gasteiger partial charge in [0.1, 0.15) is 0 Å². The van der Waals surface area contributed by atoms with Crippen LogP contribution in [0, 0.1) is 5.41 Å². The third-order valence-corrected chi connectivity index (χ3v) is 3.18. The van der Waals surface area contributed by atoms with E-state index in [4.69, 9.17) is 4.74 Å². The molecule has 1 N–H and O–H groups in total. The minimum Gasteiger partial charge on any atom is -0.431 e. The van der Waals surface area contributed by atoms with Crippen LogP contribution in [0.4, 0.5) is 0 Å². The maximum atomic E-state index is 11.5. The first-order valence-corrected chi connectivity index (χ1v) is 4.60. The Hall–Kier alpha value is -1.16. The number of rotatable bonds is 0. The van der Waals surface area contributed by atoms with E-state index in [0.29, 0.717) is 24.0 Å². The molecule has 0 saturated carbocycles. The van der Waals surface area contributed by atoms with E-state index in [0.717, 1.165) is 0 Å². The minimum atomic E-state index is -1.23. The zero-order chi connectivity index (χ0) is 10.5. The molecule has 0 amide bonds. The van der Waals surface area contributed by atoms with Gasteiger partial charge >= 0.3 is 5.97 Å². The molecule has 0 spiro atoms. The Morgan fingerprint density at radius 2 is 2.14 bits per heavy atom. The number of allylic oxidation sites excluding steroid dienone is 1. The van der Waals surface area contributed by atoms with Crippen LogP contribution in [-0.2, 0) is 14.3 Å². The summed E-state index contributed by atoms with van der Waals surface area (Å²) < 4.78 is 4.74. The van der Waals surface area contributed by atoms with E-state index in [-0.39, 0.29) is 5.78 Å². The molecule has 1 saturated heterocycles. The second kappa shape index (κ2) is 2.67. The molecule has 4 heteroatoms. The van der Waals surface area contributed by atoms with Crippen LogP contribution in [0.5, 0.6) is 0 Å². The molecule has 1 aliphatic heterocycles. The lowest BCUT2D eigenvalue weighted by atomic mass is 9.72. The number of cyclic esters (lactones) is 1. The molecule has 0 aromatic carbocycles. The number of hydrogen-bond donors (Lipinski definition) is 1. The van der Waals surface area contributed by atoms with Crippen molar-refractivity contribution in [1.29, 1.82) is 0 Å². The molecule has 2 atom stereocenters. The zero-order valence-electron chi connectivity index (χ0n) is 8.16. The number of ketones is 1. The van der Waals surface area contributed by atoms with Gasteiger partial charge in [0.05, 0.1) is 5.41 Å². The van der Waals surface area contributed by atoms with Crippen LogP contribution >= 0.6 is 0 Å². The summed E-state index contributed by atoms with van der Waals surface area (Å²) in [6.07, 6.45) is -0.432. The highest BCUT2D eigenvalue weighted by Crippen LogP contribution is 2.46. The fourth-order valence-electron chi connectivity index (χ4n) is 2.21. The average Bonchev–Trinajstić information content (AvgIpc) is 2.33. The highest BCUT2D eigenvalue weighted by Gasteiger charge is 2.52. The lowest BCUT2D eigenvalue weighted by Gasteiger charge is -2.26. The molecular weight excluding hydrogens is 184 g/mol. The highest BCUT2D eigenvalue weighted by atomic mass is 16.6. The number of aliphatic hydroxyl groups excluding tert-OH is 1. The van der Waals surface area contributed by atoms with Crippen LogP contribution in [0.25, 0.3) is 0 Å². The van der Waals surface area contributed by atoms with Crippen LogP contribution in [0.15, 0.2) is 11.1 Å². The van der Waals surface area contributed by atoms with Crippen LogP contribution < -0.4 is 0 Å². The summed E-state index contributed by atoms with van der Waals surface area (Å²) in [5.74, 6) is -0.429. The van der Waals surface area contributed by atoms with Crippen molar-refractivity contribution in [2.75, 3.05) is 0 Å². The van der Waals surface area contributed by atoms with Crippen LogP contribution in [0.3, 0.4) is 0 Å². The molecule has 0 bridgehead atoms. The SMILES string of the molecule is CC1=C2[C@@H](O)OC(=O)C2(C)CCC1=O. The monoisotopic (exact) mass is 196 g/mol. The first kappa shape index (κ1) is 9.40. The number of aliphatic hydroxyl groups is 1. The first-order valence-electron chi connectivity index (χ1n) is 4.60. The third kappa shape index (κ3) is 0.973. The van der Waals surface area contributed by atoms with E-state index in [1.807, 2.05) is 0 Å². The number of carbonyl (C=O) groups is 2. The fourth-order valence-corrected chi connectivity index (χ4v) is 2.21. The number of Topliss-reactive ketones (excluding diaryl/α,β-unsaturated/α-hetero) is 1. The molecule has 2 rings (SSSR count). The summed E-state index contributed by atoms with van der Waals surface area (Å²) in [5, 5.41) is 9.50. The summed E-state index contributed by atoms with van der Waals surface area (Å²) in [6.45, 7) is 3.36. The van der Waals surface area contributed by atoms with E-state index in [9.17, 15) is 14.7 Å². The normalized spacial score (nSPS) is 37.2. The molecule has 1 heterocycles. The van der Waals surface area contributed by atoms with Crippen molar-refractivity contribution in [1.82, 2.24) is 0 Å². The smallest absolute Gasteiger partial charge is 0.318 e. The number of ether oxygens (including phenoxy) is 1. The van der Waals surface area contributed by atoms with E-state index < -0.39 is 17.7 Å². The maximum Gasteiger partial charge on any atom is 0.318 e. The number of esters is 1. The molecular formula is C10H12O4. The van der Waals surface area contributed by atoms with E-state index >= 15 is 0 Å². The van der Waals surface area contributed by atoms with Crippen molar-refractivity contribution < 1.29 is 19.4 Å². The van der Waals surface area contributed by atoms with Crippen molar-refractivity contribution in [3.63, 3.8) is 0 Å². The van der Waals surface area contributed by atoms with Gasteiger partial charge in [-0.05, 0) is 25.8 Å². The molecule has 14 heavy (non-hydrogen) atoms. The molecule has 0 aromatic rings. The lowest BCUT2D eigenvalue weighted by Crippen LogP contribution is -2.31. The summed E-state index contributed by atoms with van der Waals surface area (Å²) in [7, 11) is 0. The van der Waals surface area contributed by atoms with Gasteiger partial charge in [0.25, 0.3) is 0 Å². The molecule has 76 valence electrons. The summed E-state index contributed by atoms with van der Waals surface area (Å²) in [5.41, 5.74) is 0.160. The molecule has 1 unspecified atom stereocenters. The third-order valence-electron chi connectivity index (χ3n) is 3.18. The first-order chi connectivity index (χ1) is 6.47. The Kier molecular flexibility index (Phi) is 1.79. The molecule has 1 fully saturated rings. The summed E-state index contributed by atoms with van der Waals surface area (Å²) in [4.78, 5) is 22.9. The van der Waals surface area contributed by atoms with E-state index in [1.54, 1.807) is 13.8 Å². The van der Waals surface area contributed by atoms with Gasteiger partial charge in [-0.25, -0.2) is 0 Å². The minimum absolute atomic E-state index is 0.00479. The Bertz CT molecular complexity index is 355. The van der Waals surface area contributed by atoms with Crippen molar-refractivity contribution in [3.8, 4) is 0 Å². The van der Waals surface area contributed by atoms with Gasteiger partial charge in [0.2, 0.25) is 6.29 Å². The van der Waals surface area contributed by atoms with Crippen LogP contribution in [0.2, 0.25) is 0 Å². The maximum absolute atomic E-state index is 11.5. The fraction of sp³-hybridized carbons (Fsp3) is 0.600. The second-order valence-corrected chi connectivity index (χ2v) is 4.05. The van der Waals surface area contributed by atoms with Crippen LogP contribution in [-0.4, -0.2) is 23.1 Å². The summed E-state index contributed by atoms with van der Waals surface area (Å²) >= 11 is 0. The number of fused-ring (bicyclic) bond motifs is 1. The van der Waals surface area contributed by atoms with Gasteiger partial charge in [0.15, 0.2) is 5.78 Å². The Labute approximate surface area is 81.6 Å². The lowest BCUT2D eigenvalue weighted by molar-refractivity contribution is -0.157. The van der Waals surface area contributed by atoms with E-state index in [2.05, 4.69) is 0 Å². The predicted molar refractivity (Wildman–Crippen MR) is 47.1 cm³/mol. The van der Waals surface area contributed by atoms with Gasteiger partial charge in [-0.3, -0.25) is 9.59 Å². The van der Waals surface area contributed by atoms with Gasteiger partial charge < -0.3 is 9.84 Å². The van der Waals surface area contributed by atoms with Crippen molar-refractivity contribution in [3.05, 3.63) is 11.1 Å². The quantitative estimate of drug-likeness (QED) is 0.574. The number of hydrogen-bond acceptors (Lipinski definition) is 4. The molecule has 4 nitrogen and oxygen atoms in total. The molecule has 1 aliphatic carbocycles. The van der Waals surface area contributed by atoms with Crippen molar-refractivity contribution >= 4 is 11.8 Å². The molecule has 0 radical (unpaired) electrons. The molecule has 0 aromatic heterocycles. The van der Waals surface area contributed by atoms with E-state index in [1.165, 1.54) is 0 Å². The topological polar surface area (TPSA) is 63.6 Å². The number of carbonyl (C=O) groups excluding carboxylic acids is 2. The average molecular weight is 196 g/mol. The largest absolute Gasteiger partial charge is 0.431 e. The highest BCUT2D eigenvalue weighted by molar-refractivity contribution is 6.00. The van der Waals surface area contributed by atoms with Gasteiger partial charge in [-0.1, -0.05) is 0 Å². The Morgan fingerprint density at radius 3 is 2.79 bits per heavy atom. The van der Waals surface area contributed by atoms with Crippen molar-refractivity contribution in [2.24, 2.45) is 5.41 Å².